The molecule has 0 amide bonds. The minimum absolute atomic E-state index is 0.0900. The SMILES string of the molecule is C[C@@H]1[C@H](C=O)CC[C@]2(C)Oc3ccccc3C[C@@H]12. The Morgan fingerprint density at radius 2 is 2.17 bits per heavy atom. The lowest BCUT2D eigenvalue weighted by Gasteiger charge is -2.50. The number of para-hydroxylation sites is 1. The lowest BCUT2D eigenvalue weighted by molar-refractivity contribution is -0.120. The summed E-state index contributed by atoms with van der Waals surface area (Å²) in [5, 5.41) is 0. The van der Waals surface area contributed by atoms with Gasteiger partial charge in [0.05, 0.1) is 0 Å². The van der Waals surface area contributed by atoms with Crippen molar-refractivity contribution in [2.75, 3.05) is 0 Å². The van der Waals surface area contributed by atoms with Gasteiger partial charge in [0.25, 0.3) is 0 Å². The highest BCUT2D eigenvalue weighted by Gasteiger charge is 2.48. The van der Waals surface area contributed by atoms with Gasteiger partial charge < -0.3 is 9.53 Å². The van der Waals surface area contributed by atoms with Gasteiger partial charge in [-0.2, -0.15) is 0 Å². The smallest absolute Gasteiger partial charge is 0.123 e. The number of hydrogen-bond acceptors (Lipinski definition) is 2. The van der Waals surface area contributed by atoms with Crippen LogP contribution in [0.5, 0.6) is 5.75 Å². The summed E-state index contributed by atoms with van der Waals surface area (Å²) in [6.45, 7) is 4.42. The van der Waals surface area contributed by atoms with E-state index in [1.807, 2.05) is 6.07 Å². The van der Waals surface area contributed by atoms with Gasteiger partial charge in [0.2, 0.25) is 0 Å². The Kier molecular flexibility index (Phi) is 2.69. The maximum atomic E-state index is 11.2. The molecule has 0 bridgehead atoms. The van der Waals surface area contributed by atoms with Crippen molar-refractivity contribution < 1.29 is 9.53 Å². The molecule has 96 valence electrons. The van der Waals surface area contributed by atoms with E-state index >= 15 is 0 Å². The third-order valence-electron chi connectivity index (χ3n) is 5.00. The molecule has 0 unspecified atom stereocenters. The number of hydrogen-bond donors (Lipinski definition) is 0. The first-order valence-corrected chi connectivity index (χ1v) is 6.86. The summed E-state index contributed by atoms with van der Waals surface area (Å²) < 4.78 is 6.27. The van der Waals surface area contributed by atoms with E-state index in [4.69, 9.17) is 4.74 Å². The predicted octanol–water partition coefficient (Wildman–Crippen LogP) is 3.24. The van der Waals surface area contributed by atoms with E-state index in [-0.39, 0.29) is 11.5 Å². The quantitative estimate of drug-likeness (QED) is 0.709. The van der Waals surface area contributed by atoms with Crippen molar-refractivity contribution in [2.24, 2.45) is 17.8 Å². The number of carbonyl (C=O) groups is 1. The maximum Gasteiger partial charge on any atom is 0.123 e. The van der Waals surface area contributed by atoms with Crippen LogP contribution in [0.3, 0.4) is 0 Å². The number of aldehydes is 1. The van der Waals surface area contributed by atoms with E-state index in [1.54, 1.807) is 0 Å². The normalized spacial score (nSPS) is 38.2. The van der Waals surface area contributed by atoms with E-state index in [0.29, 0.717) is 11.8 Å². The van der Waals surface area contributed by atoms with Crippen molar-refractivity contribution in [3.05, 3.63) is 29.8 Å². The first kappa shape index (κ1) is 11.8. The van der Waals surface area contributed by atoms with Gasteiger partial charge in [0.1, 0.15) is 17.6 Å². The second-order valence-electron chi connectivity index (χ2n) is 6.03. The summed E-state index contributed by atoms with van der Waals surface area (Å²) >= 11 is 0. The minimum Gasteiger partial charge on any atom is -0.487 e. The molecule has 3 rings (SSSR count). The average molecular weight is 244 g/mol. The summed E-state index contributed by atoms with van der Waals surface area (Å²) in [5.74, 6) is 2.11. The molecule has 1 heterocycles. The maximum absolute atomic E-state index is 11.2. The van der Waals surface area contributed by atoms with Crippen LogP contribution in [0.2, 0.25) is 0 Å². The minimum atomic E-state index is -0.0900. The zero-order valence-electron chi connectivity index (χ0n) is 11.1. The van der Waals surface area contributed by atoms with Crippen LogP contribution >= 0.6 is 0 Å². The van der Waals surface area contributed by atoms with Gasteiger partial charge in [-0.1, -0.05) is 25.1 Å². The first-order chi connectivity index (χ1) is 8.64. The summed E-state index contributed by atoms with van der Waals surface area (Å²) in [4.78, 5) is 11.2. The second-order valence-corrected chi connectivity index (χ2v) is 6.03. The highest BCUT2D eigenvalue weighted by atomic mass is 16.5. The van der Waals surface area contributed by atoms with Crippen molar-refractivity contribution in [1.29, 1.82) is 0 Å². The van der Waals surface area contributed by atoms with Crippen molar-refractivity contribution >= 4 is 6.29 Å². The molecule has 1 aliphatic carbocycles. The van der Waals surface area contributed by atoms with Gasteiger partial charge in [0.15, 0.2) is 0 Å². The first-order valence-electron chi connectivity index (χ1n) is 6.86. The molecule has 2 aliphatic rings. The van der Waals surface area contributed by atoms with Crippen molar-refractivity contribution in [3.8, 4) is 5.75 Å². The third-order valence-corrected chi connectivity index (χ3v) is 5.00. The molecule has 4 atom stereocenters. The highest BCUT2D eigenvalue weighted by Crippen LogP contribution is 2.48. The standard InChI is InChI=1S/C16H20O2/c1-11-13(10-17)7-8-16(2)14(11)9-12-5-3-4-6-15(12)18-16/h3-6,10-11,13-14H,7-9H2,1-2H3/t11-,13+,14+,16+/m1/s1. The summed E-state index contributed by atoms with van der Waals surface area (Å²) in [7, 11) is 0. The molecule has 1 fully saturated rings. The van der Waals surface area contributed by atoms with E-state index < -0.39 is 0 Å². The number of rotatable bonds is 1. The third kappa shape index (κ3) is 1.66. The summed E-state index contributed by atoms with van der Waals surface area (Å²) in [6.07, 6.45) is 4.13. The molecular formula is C16H20O2. The topological polar surface area (TPSA) is 26.3 Å². The molecule has 18 heavy (non-hydrogen) atoms. The van der Waals surface area contributed by atoms with Crippen LogP contribution < -0.4 is 4.74 Å². The van der Waals surface area contributed by atoms with Crippen LogP contribution in [0.4, 0.5) is 0 Å². The van der Waals surface area contributed by atoms with Crippen molar-refractivity contribution in [2.45, 2.75) is 38.7 Å². The Morgan fingerprint density at radius 3 is 2.94 bits per heavy atom. The van der Waals surface area contributed by atoms with Gasteiger partial charge in [-0.25, -0.2) is 0 Å². The lowest BCUT2D eigenvalue weighted by atomic mass is 9.63. The predicted molar refractivity (Wildman–Crippen MR) is 70.6 cm³/mol. The van der Waals surface area contributed by atoms with Gasteiger partial charge in [-0.05, 0) is 43.7 Å². The number of fused-ring (bicyclic) bond motifs is 2. The Hall–Kier alpha value is -1.31. The van der Waals surface area contributed by atoms with E-state index in [0.717, 1.165) is 31.3 Å². The Morgan fingerprint density at radius 1 is 1.39 bits per heavy atom. The average Bonchev–Trinajstić information content (AvgIpc) is 2.37. The van der Waals surface area contributed by atoms with Crippen LogP contribution in [-0.4, -0.2) is 11.9 Å². The zero-order chi connectivity index (χ0) is 12.8. The Bertz CT molecular complexity index is 468. The van der Waals surface area contributed by atoms with Crippen molar-refractivity contribution in [3.63, 3.8) is 0 Å². The molecule has 1 aliphatic heterocycles. The fourth-order valence-corrected chi connectivity index (χ4v) is 3.74. The van der Waals surface area contributed by atoms with Gasteiger partial charge in [-0.15, -0.1) is 0 Å². The molecule has 1 aromatic carbocycles. The largest absolute Gasteiger partial charge is 0.487 e. The lowest BCUT2D eigenvalue weighted by Crippen LogP contribution is -2.52. The summed E-state index contributed by atoms with van der Waals surface area (Å²) in [6, 6.07) is 8.30. The van der Waals surface area contributed by atoms with Crippen LogP contribution in [0, 0.1) is 17.8 Å². The molecule has 0 radical (unpaired) electrons. The second kappa shape index (κ2) is 4.11. The van der Waals surface area contributed by atoms with Crippen LogP contribution in [0.1, 0.15) is 32.3 Å². The van der Waals surface area contributed by atoms with Crippen LogP contribution in [-0.2, 0) is 11.2 Å². The Labute approximate surface area is 108 Å². The van der Waals surface area contributed by atoms with Gasteiger partial charge >= 0.3 is 0 Å². The molecule has 2 nitrogen and oxygen atoms in total. The van der Waals surface area contributed by atoms with Crippen molar-refractivity contribution in [1.82, 2.24) is 0 Å². The van der Waals surface area contributed by atoms with Gasteiger partial charge in [-0.3, -0.25) is 0 Å². The molecule has 0 N–H and O–H groups in total. The van der Waals surface area contributed by atoms with E-state index in [2.05, 4.69) is 32.0 Å². The number of benzene rings is 1. The van der Waals surface area contributed by atoms with Crippen LogP contribution in [0.25, 0.3) is 0 Å². The van der Waals surface area contributed by atoms with E-state index in [1.165, 1.54) is 5.56 Å². The number of ether oxygens (including phenoxy) is 1. The molecule has 0 spiro atoms. The zero-order valence-corrected chi connectivity index (χ0v) is 11.1. The molecule has 2 heteroatoms. The van der Waals surface area contributed by atoms with E-state index in [9.17, 15) is 4.79 Å². The monoisotopic (exact) mass is 244 g/mol. The van der Waals surface area contributed by atoms with Crippen LogP contribution in [0.15, 0.2) is 24.3 Å². The molecule has 1 aromatic rings. The van der Waals surface area contributed by atoms with Gasteiger partial charge in [0, 0.05) is 11.8 Å². The number of carbonyl (C=O) groups excluding carboxylic acids is 1. The Balaban J connectivity index is 1.96. The molecule has 1 saturated carbocycles. The highest BCUT2D eigenvalue weighted by molar-refractivity contribution is 5.54. The fourth-order valence-electron chi connectivity index (χ4n) is 3.74. The summed E-state index contributed by atoms with van der Waals surface area (Å²) in [5.41, 5.74) is 1.20. The molecular weight excluding hydrogens is 224 g/mol. The molecule has 0 aromatic heterocycles. The fraction of sp³-hybridized carbons (Fsp3) is 0.562. The molecule has 0 saturated heterocycles.